The van der Waals surface area contributed by atoms with Crippen molar-refractivity contribution in [1.29, 1.82) is 0 Å². The minimum absolute atomic E-state index is 0.0318. The number of aliphatic carboxylic acids is 1. The Hall–Kier alpha value is -1.40. The molecular weight excluding hydrogens is 224 g/mol. The lowest BCUT2D eigenvalue weighted by Gasteiger charge is -2.32. The Labute approximate surface area is 101 Å². The van der Waals surface area contributed by atoms with E-state index in [1.807, 2.05) is 0 Å². The number of rotatable bonds is 9. The van der Waals surface area contributed by atoms with Crippen LogP contribution in [0.15, 0.2) is 12.7 Å². The smallest absolute Gasteiger partial charge is 0.359 e. The highest BCUT2D eigenvalue weighted by atomic mass is 16.4. The first-order chi connectivity index (χ1) is 7.93. The molecule has 0 aromatic rings. The number of amides is 1. The maximum Gasteiger partial charge on any atom is 0.359 e. The molecule has 0 aliphatic rings. The fourth-order valence-electron chi connectivity index (χ4n) is 1.58. The van der Waals surface area contributed by atoms with Crippen molar-refractivity contribution in [2.75, 3.05) is 39.8 Å². The van der Waals surface area contributed by atoms with Crippen LogP contribution in [0.2, 0.25) is 0 Å². The third-order valence-electron chi connectivity index (χ3n) is 2.52. The molecule has 0 saturated carbocycles. The van der Waals surface area contributed by atoms with Crippen LogP contribution in [-0.2, 0) is 9.59 Å². The molecule has 0 saturated heterocycles. The van der Waals surface area contributed by atoms with E-state index < -0.39 is 5.97 Å². The van der Waals surface area contributed by atoms with Crippen LogP contribution in [0.25, 0.3) is 0 Å². The highest BCUT2D eigenvalue weighted by molar-refractivity contribution is 5.86. The van der Waals surface area contributed by atoms with Crippen LogP contribution in [0.3, 0.4) is 0 Å². The number of likely N-dealkylation sites (N-methyl/N-ethyl adjacent to an activating group) is 1. The highest BCUT2D eigenvalue weighted by Gasteiger charge is 2.24. The van der Waals surface area contributed by atoms with Gasteiger partial charge in [-0.05, 0) is 6.08 Å². The Bertz CT molecular complexity index is 281. The molecule has 0 aliphatic heterocycles. The summed E-state index contributed by atoms with van der Waals surface area (Å²) in [5.41, 5.74) is 0. The minimum atomic E-state index is -0.893. The number of carbonyl (C=O) groups is 2. The Balaban J connectivity index is 4.03. The van der Waals surface area contributed by atoms with E-state index in [0.29, 0.717) is 26.1 Å². The quantitative estimate of drug-likeness (QED) is 0.282. The number of hydrogen-bond donors (Lipinski definition) is 3. The fraction of sp³-hybridized carbons (Fsp3) is 0.636. The number of nitrogens with one attached hydrogen (secondary N) is 1. The van der Waals surface area contributed by atoms with Gasteiger partial charge in [0.15, 0.2) is 6.54 Å². The van der Waals surface area contributed by atoms with Crippen molar-refractivity contribution in [2.24, 2.45) is 0 Å². The Kier molecular flexibility index (Phi) is 7.16. The third kappa shape index (κ3) is 7.48. The molecule has 1 atom stereocenters. The summed E-state index contributed by atoms with van der Waals surface area (Å²) in [5.74, 6) is -1.13. The fourth-order valence-corrected chi connectivity index (χ4v) is 1.58. The molecule has 0 aliphatic carbocycles. The van der Waals surface area contributed by atoms with Crippen molar-refractivity contribution in [3.63, 3.8) is 0 Å². The van der Waals surface area contributed by atoms with Crippen molar-refractivity contribution >= 4 is 11.9 Å². The molecule has 98 valence electrons. The number of quaternary nitrogens is 1. The van der Waals surface area contributed by atoms with Gasteiger partial charge in [0.05, 0.1) is 20.2 Å². The molecule has 0 fully saturated rings. The molecule has 0 aromatic heterocycles. The van der Waals surface area contributed by atoms with Gasteiger partial charge in [0.1, 0.15) is 6.54 Å². The van der Waals surface area contributed by atoms with E-state index in [1.165, 1.54) is 6.08 Å². The maximum atomic E-state index is 10.9. The van der Waals surface area contributed by atoms with E-state index in [1.54, 1.807) is 7.05 Å². The van der Waals surface area contributed by atoms with Crippen molar-refractivity contribution in [1.82, 2.24) is 5.32 Å². The van der Waals surface area contributed by atoms with Gasteiger partial charge in [-0.1, -0.05) is 6.58 Å². The third-order valence-corrected chi connectivity index (χ3v) is 2.52. The Morgan fingerprint density at radius 1 is 1.41 bits per heavy atom. The molecule has 0 bridgehead atoms. The minimum Gasteiger partial charge on any atom is -0.477 e. The van der Waals surface area contributed by atoms with Gasteiger partial charge in [0.25, 0.3) is 0 Å². The number of carbonyl (C=O) groups excluding carboxylic acids is 1. The predicted molar refractivity (Wildman–Crippen MR) is 63.3 cm³/mol. The second kappa shape index (κ2) is 7.81. The van der Waals surface area contributed by atoms with Gasteiger partial charge >= 0.3 is 5.97 Å². The summed E-state index contributed by atoms with van der Waals surface area (Å²) < 4.78 is 0.260. The largest absolute Gasteiger partial charge is 0.477 e. The summed E-state index contributed by atoms with van der Waals surface area (Å²) in [6.45, 7) is 4.70. The average molecular weight is 245 g/mol. The van der Waals surface area contributed by atoms with Gasteiger partial charge in [0, 0.05) is 13.0 Å². The van der Waals surface area contributed by atoms with Gasteiger partial charge in [-0.2, -0.15) is 0 Å². The molecule has 1 amide bonds. The van der Waals surface area contributed by atoms with E-state index in [4.69, 9.17) is 10.2 Å². The van der Waals surface area contributed by atoms with E-state index in [-0.39, 0.29) is 23.5 Å². The molecule has 0 spiro atoms. The van der Waals surface area contributed by atoms with Gasteiger partial charge in [-0.3, -0.25) is 4.79 Å². The lowest BCUT2D eigenvalue weighted by molar-refractivity contribution is -0.902. The van der Waals surface area contributed by atoms with Crippen molar-refractivity contribution in [3.8, 4) is 0 Å². The highest BCUT2D eigenvalue weighted by Crippen LogP contribution is 2.03. The maximum absolute atomic E-state index is 10.9. The molecule has 0 heterocycles. The van der Waals surface area contributed by atoms with Crippen LogP contribution in [0.4, 0.5) is 0 Å². The molecule has 1 unspecified atom stereocenters. The molecule has 6 heteroatoms. The first kappa shape index (κ1) is 15.6. The summed E-state index contributed by atoms with van der Waals surface area (Å²) in [4.78, 5) is 21.6. The molecule has 0 aromatic carbocycles. The Morgan fingerprint density at radius 2 is 2.06 bits per heavy atom. The summed E-state index contributed by atoms with van der Waals surface area (Å²) in [7, 11) is 1.78. The zero-order valence-electron chi connectivity index (χ0n) is 10.2. The molecule has 6 nitrogen and oxygen atoms in total. The number of hydrogen-bond acceptors (Lipinski definition) is 3. The molecule has 0 rings (SSSR count). The van der Waals surface area contributed by atoms with E-state index in [0.717, 1.165) is 0 Å². The number of carboxylic acids is 1. The van der Waals surface area contributed by atoms with E-state index in [2.05, 4.69) is 11.9 Å². The molecule has 3 N–H and O–H groups in total. The SMILES string of the molecule is C=CC(=O)NCCC[N+](C)(CCO)CC(=O)O. The van der Waals surface area contributed by atoms with Crippen LogP contribution >= 0.6 is 0 Å². The van der Waals surface area contributed by atoms with Gasteiger partial charge in [-0.15, -0.1) is 0 Å². The van der Waals surface area contributed by atoms with Crippen molar-refractivity contribution in [3.05, 3.63) is 12.7 Å². The summed E-state index contributed by atoms with van der Waals surface area (Å²) in [6, 6.07) is 0. The van der Waals surface area contributed by atoms with E-state index in [9.17, 15) is 9.59 Å². The monoisotopic (exact) mass is 245 g/mol. The topological polar surface area (TPSA) is 86.6 Å². The van der Waals surface area contributed by atoms with Gasteiger partial charge in [0.2, 0.25) is 5.91 Å². The number of carboxylic acid groups (broad SMARTS) is 1. The first-order valence-electron chi connectivity index (χ1n) is 5.50. The number of aliphatic hydroxyl groups is 1. The zero-order valence-corrected chi connectivity index (χ0v) is 10.2. The van der Waals surface area contributed by atoms with Gasteiger partial charge in [-0.25, -0.2) is 4.79 Å². The van der Waals surface area contributed by atoms with Crippen molar-refractivity contribution < 1.29 is 24.3 Å². The second-order valence-electron chi connectivity index (χ2n) is 4.19. The summed E-state index contributed by atoms with van der Waals surface area (Å²) >= 11 is 0. The van der Waals surface area contributed by atoms with Crippen LogP contribution in [-0.4, -0.2) is 66.4 Å². The van der Waals surface area contributed by atoms with Crippen LogP contribution < -0.4 is 5.32 Å². The molecule has 17 heavy (non-hydrogen) atoms. The van der Waals surface area contributed by atoms with Crippen molar-refractivity contribution in [2.45, 2.75) is 6.42 Å². The zero-order chi connectivity index (χ0) is 13.3. The second-order valence-corrected chi connectivity index (χ2v) is 4.19. The lowest BCUT2D eigenvalue weighted by atomic mass is 10.3. The average Bonchev–Trinajstić information content (AvgIpc) is 2.23. The van der Waals surface area contributed by atoms with Crippen LogP contribution in [0.1, 0.15) is 6.42 Å². The van der Waals surface area contributed by atoms with Crippen LogP contribution in [0.5, 0.6) is 0 Å². The number of aliphatic hydroxyl groups excluding tert-OH is 1. The van der Waals surface area contributed by atoms with E-state index >= 15 is 0 Å². The molecule has 0 radical (unpaired) electrons. The normalized spacial score (nSPS) is 13.8. The first-order valence-corrected chi connectivity index (χ1v) is 5.50. The Morgan fingerprint density at radius 3 is 2.53 bits per heavy atom. The van der Waals surface area contributed by atoms with Gasteiger partial charge < -0.3 is 20.0 Å². The van der Waals surface area contributed by atoms with Crippen LogP contribution in [0, 0.1) is 0 Å². The predicted octanol–water partition coefficient (Wildman–Crippen LogP) is -0.798. The summed E-state index contributed by atoms with van der Waals surface area (Å²) in [5, 5.41) is 20.3. The molecular formula is C11H21N2O4+. The summed E-state index contributed by atoms with van der Waals surface area (Å²) in [6.07, 6.45) is 1.85. The standard InChI is InChI=1S/C11H20N2O4/c1-3-10(15)12-5-4-6-13(2,7-8-14)9-11(16)17/h3,14H,1,4-9H2,2H3,(H-,12,15,16,17)/p+1. The lowest BCUT2D eigenvalue weighted by Crippen LogP contribution is -2.50. The number of nitrogens with zero attached hydrogens (tertiary/aromatic N) is 1.